The first kappa shape index (κ1) is 20.0. The van der Waals surface area contributed by atoms with Crippen LogP contribution in [0.4, 0.5) is 0 Å². The molecule has 0 unspecified atom stereocenters. The van der Waals surface area contributed by atoms with Gasteiger partial charge in [0.1, 0.15) is 0 Å². The van der Waals surface area contributed by atoms with E-state index in [4.69, 9.17) is 4.74 Å². The van der Waals surface area contributed by atoms with Crippen LogP contribution in [-0.4, -0.2) is 34.5 Å². The number of esters is 1. The molecule has 0 saturated carbocycles. The molecule has 28 heavy (non-hydrogen) atoms. The van der Waals surface area contributed by atoms with E-state index in [1.54, 1.807) is 25.1 Å². The summed E-state index contributed by atoms with van der Waals surface area (Å²) in [6, 6.07) is 5.04. The fraction of sp³-hybridized carbons (Fsp3) is 0.455. The summed E-state index contributed by atoms with van der Waals surface area (Å²) in [5.74, 6) is -0.823. The largest absolute Gasteiger partial charge is 0.449 e. The SMILES string of the molecule is Cc1nc2ccc(C(=O)O[C@H](C)C(=O)NCCC3=CCCCC3)cc2nc1C. The van der Waals surface area contributed by atoms with Crippen molar-refractivity contribution >= 4 is 22.9 Å². The second-order valence-electron chi connectivity index (χ2n) is 7.29. The highest BCUT2D eigenvalue weighted by atomic mass is 16.5. The summed E-state index contributed by atoms with van der Waals surface area (Å²) in [4.78, 5) is 33.5. The van der Waals surface area contributed by atoms with Crippen molar-refractivity contribution in [2.24, 2.45) is 0 Å². The lowest BCUT2D eigenvalue weighted by Gasteiger charge is -2.15. The lowest BCUT2D eigenvalue weighted by Crippen LogP contribution is -2.36. The van der Waals surface area contributed by atoms with Crippen LogP contribution < -0.4 is 5.32 Å². The van der Waals surface area contributed by atoms with Crippen molar-refractivity contribution in [3.05, 3.63) is 46.8 Å². The monoisotopic (exact) mass is 381 g/mol. The first-order valence-electron chi connectivity index (χ1n) is 9.85. The van der Waals surface area contributed by atoms with Crippen LogP contribution in [-0.2, 0) is 9.53 Å². The minimum absolute atomic E-state index is 0.281. The zero-order chi connectivity index (χ0) is 20.1. The molecule has 1 aliphatic carbocycles. The number of ether oxygens (including phenoxy) is 1. The molecule has 148 valence electrons. The second-order valence-corrected chi connectivity index (χ2v) is 7.29. The first-order chi connectivity index (χ1) is 13.4. The number of amides is 1. The van der Waals surface area contributed by atoms with Crippen LogP contribution in [0, 0.1) is 13.8 Å². The van der Waals surface area contributed by atoms with Gasteiger partial charge >= 0.3 is 5.97 Å². The molecular weight excluding hydrogens is 354 g/mol. The number of hydrogen-bond acceptors (Lipinski definition) is 5. The predicted octanol–water partition coefficient (Wildman–Crippen LogP) is 3.80. The topological polar surface area (TPSA) is 81.2 Å². The molecular formula is C22H27N3O3. The highest BCUT2D eigenvalue weighted by Gasteiger charge is 2.19. The third kappa shape index (κ3) is 4.94. The Hall–Kier alpha value is -2.76. The van der Waals surface area contributed by atoms with Crippen molar-refractivity contribution < 1.29 is 14.3 Å². The number of nitrogens with zero attached hydrogens (tertiary/aromatic N) is 2. The Morgan fingerprint density at radius 3 is 2.61 bits per heavy atom. The van der Waals surface area contributed by atoms with Crippen LogP contribution in [0.2, 0.25) is 0 Å². The molecule has 0 radical (unpaired) electrons. The van der Waals surface area contributed by atoms with Gasteiger partial charge in [0.05, 0.1) is 28.0 Å². The van der Waals surface area contributed by atoms with E-state index in [9.17, 15) is 9.59 Å². The number of aromatic nitrogens is 2. The summed E-state index contributed by atoms with van der Waals surface area (Å²) in [5.41, 5.74) is 4.80. The number of nitrogens with one attached hydrogen (secondary N) is 1. The highest BCUT2D eigenvalue weighted by Crippen LogP contribution is 2.19. The highest BCUT2D eigenvalue weighted by molar-refractivity contribution is 5.95. The Balaban J connectivity index is 1.55. The fourth-order valence-electron chi connectivity index (χ4n) is 3.26. The normalized spacial score (nSPS) is 15.0. The van der Waals surface area contributed by atoms with Crippen molar-refractivity contribution in [2.75, 3.05) is 6.54 Å². The molecule has 1 atom stereocenters. The van der Waals surface area contributed by atoms with Gasteiger partial charge in [-0.25, -0.2) is 14.8 Å². The van der Waals surface area contributed by atoms with Crippen LogP contribution >= 0.6 is 0 Å². The van der Waals surface area contributed by atoms with E-state index in [-0.39, 0.29) is 5.91 Å². The molecule has 1 aromatic carbocycles. The number of fused-ring (bicyclic) bond motifs is 1. The summed E-state index contributed by atoms with van der Waals surface area (Å²) >= 11 is 0. The van der Waals surface area contributed by atoms with Crippen LogP contribution in [0.1, 0.15) is 60.8 Å². The maximum atomic E-state index is 12.4. The third-order valence-electron chi connectivity index (χ3n) is 5.09. The van der Waals surface area contributed by atoms with Gasteiger partial charge in [-0.1, -0.05) is 11.6 Å². The quantitative estimate of drug-likeness (QED) is 0.608. The molecule has 0 saturated heterocycles. The minimum atomic E-state index is -0.852. The molecule has 1 aliphatic rings. The number of carbonyl (C=O) groups excluding carboxylic acids is 2. The summed E-state index contributed by atoms with van der Waals surface area (Å²) in [5, 5.41) is 2.85. The van der Waals surface area contributed by atoms with Crippen LogP contribution in [0.25, 0.3) is 11.0 Å². The predicted molar refractivity (Wildman–Crippen MR) is 108 cm³/mol. The number of rotatable bonds is 6. The van der Waals surface area contributed by atoms with Crippen molar-refractivity contribution in [3.63, 3.8) is 0 Å². The van der Waals surface area contributed by atoms with E-state index in [0.29, 0.717) is 17.6 Å². The van der Waals surface area contributed by atoms with Crippen molar-refractivity contribution in [1.82, 2.24) is 15.3 Å². The van der Waals surface area contributed by atoms with Crippen LogP contribution in [0.15, 0.2) is 29.8 Å². The van der Waals surface area contributed by atoms with Gasteiger partial charge in [-0.3, -0.25) is 4.79 Å². The summed E-state index contributed by atoms with van der Waals surface area (Å²) in [7, 11) is 0. The van der Waals surface area contributed by atoms with E-state index in [1.165, 1.54) is 18.4 Å². The lowest BCUT2D eigenvalue weighted by molar-refractivity contribution is -0.129. The number of hydrogen-bond donors (Lipinski definition) is 1. The minimum Gasteiger partial charge on any atom is -0.449 e. The van der Waals surface area contributed by atoms with Gasteiger partial charge in [0.2, 0.25) is 0 Å². The Morgan fingerprint density at radius 2 is 1.89 bits per heavy atom. The van der Waals surface area contributed by atoms with E-state index >= 15 is 0 Å². The Bertz CT molecular complexity index is 921. The summed E-state index contributed by atoms with van der Waals surface area (Å²) in [6.45, 7) is 5.93. The van der Waals surface area contributed by atoms with Gasteiger partial charge in [0, 0.05) is 6.54 Å². The van der Waals surface area contributed by atoms with E-state index in [2.05, 4.69) is 21.4 Å². The molecule has 0 aliphatic heterocycles. The zero-order valence-corrected chi connectivity index (χ0v) is 16.7. The molecule has 1 amide bonds. The van der Waals surface area contributed by atoms with E-state index in [0.717, 1.165) is 36.2 Å². The van der Waals surface area contributed by atoms with Crippen molar-refractivity contribution in [1.29, 1.82) is 0 Å². The van der Waals surface area contributed by atoms with Gasteiger partial charge in [0.15, 0.2) is 6.10 Å². The summed E-state index contributed by atoms with van der Waals surface area (Å²) < 4.78 is 5.33. The Labute approximate surface area is 165 Å². The van der Waals surface area contributed by atoms with E-state index in [1.807, 2.05) is 13.8 Å². The molecule has 1 N–H and O–H groups in total. The van der Waals surface area contributed by atoms with Crippen molar-refractivity contribution in [2.45, 2.75) is 59.0 Å². The smallest absolute Gasteiger partial charge is 0.338 e. The Kier molecular flexibility index (Phi) is 6.39. The number of carbonyl (C=O) groups is 2. The number of aryl methyl sites for hydroxylation is 2. The lowest BCUT2D eigenvalue weighted by atomic mass is 9.97. The average molecular weight is 381 g/mol. The maximum absolute atomic E-state index is 12.4. The molecule has 2 aromatic rings. The number of benzene rings is 1. The fourth-order valence-corrected chi connectivity index (χ4v) is 3.26. The number of allylic oxidation sites excluding steroid dienone is 1. The average Bonchev–Trinajstić information content (AvgIpc) is 2.69. The molecule has 0 bridgehead atoms. The van der Waals surface area contributed by atoms with Gasteiger partial charge in [-0.2, -0.15) is 0 Å². The van der Waals surface area contributed by atoms with Gasteiger partial charge < -0.3 is 10.1 Å². The zero-order valence-electron chi connectivity index (χ0n) is 16.7. The van der Waals surface area contributed by atoms with Crippen LogP contribution in [0.3, 0.4) is 0 Å². The molecule has 0 spiro atoms. The molecule has 3 rings (SSSR count). The van der Waals surface area contributed by atoms with Gasteiger partial charge in [-0.15, -0.1) is 0 Å². The standard InChI is InChI=1S/C22H27N3O3/c1-14-15(2)25-20-13-18(9-10-19(20)24-14)22(27)28-16(3)21(26)23-12-11-17-7-5-4-6-8-17/h7,9-10,13,16H,4-6,8,11-12H2,1-3H3,(H,23,26)/t16-/m1/s1. The van der Waals surface area contributed by atoms with Crippen LogP contribution in [0.5, 0.6) is 0 Å². The summed E-state index contributed by atoms with van der Waals surface area (Å²) in [6.07, 6.45) is 7.00. The molecule has 6 nitrogen and oxygen atoms in total. The van der Waals surface area contributed by atoms with Gasteiger partial charge in [-0.05, 0) is 71.1 Å². The molecule has 6 heteroatoms. The van der Waals surface area contributed by atoms with E-state index < -0.39 is 12.1 Å². The molecule has 1 aromatic heterocycles. The molecule has 0 fully saturated rings. The second kappa shape index (κ2) is 8.95. The first-order valence-corrected chi connectivity index (χ1v) is 9.85. The Morgan fingerprint density at radius 1 is 1.14 bits per heavy atom. The van der Waals surface area contributed by atoms with Gasteiger partial charge in [0.25, 0.3) is 5.91 Å². The maximum Gasteiger partial charge on any atom is 0.338 e. The molecule has 1 heterocycles. The third-order valence-corrected chi connectivity index (χ3v) is 5.09. The van der Waals surface area contributed by atoms with Crippen molar-refractivity contribution in [3.8, 4) is 0 Å².